The zero-order valence-electron chi connectivity index (χ0n) is 13.1. The van der Waals surface area contributed by atoms with Gasteiger partial charge in [-0.3, -0.25) is 4.79 Å². The standard InChI is InChI=1S/C18H18BrNO3/c1-3-23-16-11-13(10-14(19)17(16)22-2)18(21)20-9-8-12-6-4-5-7-15(12)20/h4-7,10-11H,3,8-9H2,1-2H3. The van der Waals surface area contributed by atoms with Gasteiger partial charge in [0.05, 0.1) is 18.2 Å². The van der Waals surface area contributed by atoms with Crippen LogP contribution in [0.15, 0.2) is 40.9 Å². The molecule has 0 N–H and O–H groups in total. The van der Waals surface area contributed by atoms with E-state index >= 15 is 0 Å². The lowest BCUT2D eigenvalue weighted by atomic mass is 10.1. The number of benzene rings is 2. The van der Waals surface area contributed by atoms with Crippen molar-refractivity contribution in [2.24, 2.45) is 0 Å². The fraction of sp³-hybridized carbons (Fsp3) is 0.278. The molecule has 0 atom stereocenters. The van der Waals surface area contributed by atoms with Crippen LogP contribution in [-0.2, 0) is 6.42 Å². The molecule has 2 aromatic carbocycles. The minimum absolute atomic E-state index is 0.0285. The van der Waals surface area contributed by atoms with Gasteiger partial charge in [-0.05, 0) is 53.0 Å². The third-order valence-electron chi connectivity index (χ3n) is 3.89. The van der Waals surface area contributed by atoms with Crippen molar-refractivity contribution < 1.29 is 14.3 Å². The largest absolute Gasteiger partial charge is 0.492 e. The van der Waals surface area contributed by atoms with Gasteiger partial charge in [0.2, 0.25) is 0 Å². The van der Waals surface area contributed by atoms with Gasteiger partial charge in [-0.2, -0.15) is 0 Å². The van der Waals surface area contributed by atoms with E-state index in [4.69, 9.17) is 9.47 Å². The first kappa shape index (κ1) is 15.9. The molecule has 2 aromatic rings. The number of methoxy groups -OCH3 is 1. The molecule has 0 spiro atoms. The van der Waals surface area contributed by atoms with E-state index in [9.17, 15) is 4.79 Å². The number of amides is 1. The van der Waals surface area contributed by atoms with Gasteiger partial charge in [0, 0.05) is 17.8 Å². The van der Waals surface area contributed by atoms with Crippen LogP contribution < -0.4 is 14.4 Å². The van der Waals surface area contributed by atoms with Crippen LogP contribution in [0.25, 0.3) is 0 Å². The molecule has 0 aliphatic carbocycles. The SMILES string of the molecule is CCOc1cc(C(=O)N2CCc3ccccc32)cc(Br)c1OC. The Labute approximate surface area is 144 Å². The first-order valence-electron chi connectivity index (χ1n) is 7.55. The van der Waals surface area contributed by atoms with Gasteiger partial charge in [-0.1, -0.05) is 18.2 Å². The molecule has 4 nitrogen and oxygen atoms in total. The van der Waals surface area contributed by atoms with Crippen LogP contribution in [0.4, 0.5) is 5.69 Å². The summed E-state index contributed by atoms with van der Waals surface area (Å²) < 4.78 is 11.7. The lowest BCUT2D eigenvalue weighted by Gasteiger charge is -2.19. The monoisotopic (exact) mass is 375 g/mol. The van der Waals surface area contributed by atoms with Crippen molar-refractivity contribution in [1.82, 2.24) is 0 Å². The van der Waals surface area contributed by atoms with Crippen molar-refractivity contribution in [2.75, 3.05) is 25.2 Å². The summed E-state index contributed by atoms with van der Waals surface area (Å²) in [6, 6.07) is 11.5. The van der Waals surface area contributed by atoms with Crippen LogP contribution in [0.1, 0.15) is 22.8 Å². The maximum atomic E-state index is 12.9. The van der Waals surface area contributed by atoms with Gasteiger partial charge >= 0.3 is 0 Å². The number of halogens is 1. The van der Waals surface area contributed by atoms with E-state index in [1.54, 1.807) is 19.2 Å². The predicted octanol–water partition coefficient (Wildman–Crippen LogP) is 4.06. The topological polar surface area (TPSA) is 38.8 Å². The summed E-state index contributed by atoms with van der Waals surface area (Å²) in [4.78, 5) is 14.7. The fourth-order valence-electron chi connectivity index (χ4n) is 2.86. The molecule has 0 aromatic heterocycles. The number of ether oxygens (including phenoxy) is 2. The molecule has 120 valence electrons. The van der Waals surface area contributed by atoms with Gasteiger partial charge in [0.25, 0.3) is 5.91 Å². The molecule has 0 fully saturated rings. The average Bonchev–Trinajstić information content (AvgIpc) is 2.98. The van der Waals surface area contributed by atoms with Crippen LogP contribution in [-0.4, -0.2) is 26.2 Å². The Kier molecular flexibility index (Phi) is 4.57. The highest BCUT2D eigenvalue weighted by molar-refractivity contribution is 9.10. The Bertz CT molecular complexity index is 745. The maximum Gasteiger partial charge on any atom is 0.258 e. The number of rotatable bonds is 4. The van der Waals surface area contributed by atoms with E-state index in [1.165, 1.54) is 5.56 Å². The summed E-state index contributed by atoms with van der Waals surface area (Å²) in [5, 5.41) is 0. The zero-order valence-corrected chi connectivity index (χ0v) is 14.7. The molecule has 23 heavy (non-hydrogen) atoms. The van der Waals surface area contributed by atoms with Gasteiger partial charge in [-0.15, -0.1) is 0 Å². The minimum atomic E-state index is -0.0285. The van der Waals surface area contributed by atoms with Crippen molar-refractivity contribution in [2.45, 2.75) is 13.3 Å². The highest BCUT2D eigenvalue weighted by atomic mass is 79.9. The molecule has 0 unspecified atom stereocenters. The smallest absolute Gasteiger partial charge is 0.258 e. The highest BCUT2D eigenvalue weighted by Crippen LogP contribution is 2.38. The fourth-order valence-corrected chi connectivity index (χ4v) is 3.46. The average molecular weight is 376 g/mol. The molecular weight excluding hydrogens is 358 g/mol. The number of anilines is 1. The van der Waals surface area contributed by atoms with Crippen LogP contribution in [0.3, 0.4) is 0 Å². The van der Waals surface area contributed by atoms with Gasteiger partial charge in [-0.25, -0.2) is 0 Å². The van der Waals surface area contributed by atoms with Crippen molar-refractivity contribution >= 4 is 27.5 Å². The van der Waals surface area contributed by atoms with Crippen LogP contribution >= 0.6 is 15.9 Å². The lowest BCUT2D eigenvalue weighted by Crippen LogP contribution is -2.28. The number of fused-ring (bicyclic) bond motifs is 1. The van der Waals surface area contributed by atoms with Crippen molar-refractivity contribution in [3.05, 3.63) is 52.0 Å². The number of carbonyl (C=O) groups excluding carboxylic acids is 1. The zero-order chi connectivity index (χ0) is 16.4. The Morgan fingerprint density at radius 1 is 1.30 bits per heavy atom. The number of nitrogens with zero attached hydrogens (tertiary/aromatic N) is 1. The molecule has 0 bridgehead atoms. The summed E-state index contributed by atoms with van der Waals surface area (Å²) in [7, 11) is 1.58. The predicted molar refractivity (Wildman–Crippen MR) is 93.7 cm³/mol. The quantitative estimate of drug-likeness (QED) is 0.808. The molecule has 1 amide bonds. The van der Waals surface area contributed by atoms with E-state index in [1.807, 2.05) is 30.0 Å². The first-order chi connectivity index (χ1) is 11.2. The Morgan fingerprint density at radius 2 is 2.09 bits per heavy atom. The molecule has 5 heteroatoms. The molecular formula is C18H18BrNO3. The van der Waals surface area contributed by atoms with E-state index in [0.717, 1.165) is 12.1 Å². The normalized spacial score (nSPS) is 12.9. The highest BCUT2D eigenvalue weighted by Gasteiger charge is 2.26. The summed E-state index contributed by atoms with van der Waals surface area (Å²) >= 11 is 3.46. The molecule has 1 aliphatic rings. The molecule has 1 aliphatic heterocycles. The Hall–Kier alpha value is -2.01. The van der Waals surface area contributed by atoms with Gasteiger partial charge in [0.15, 0.2) is 11.5 Å². The number of hydrogen-bond acceptors (Lipinski definition) is 3. The van der Waals surface area contributed by atoms with E-state index in [-0.39, 0.29) is 5.91 Å². The molecule has 0 saturated heterocycles. The maximum absolute atomic E-state index is 12.9. The molecule has 0 saturated carbocycles. The van der Waals surface area contributed by atoms with E-state index < -0.39 is 0 Å². The van der Waals surface area contributed by atoms with E-state index in [2.05, 4.69) is 22.0 Å². The van der Waals surface area contributed by atoms with Crippen LogP contribution in [0.2, 0.25) is 0 Å². The second-order valence-electron chi connectivity index (χ2n) is 5.26. The Balaban J connectivity index is 1.97. The summed E-state index contributed by atoms with van der Waals surface area (Å²) in [6.07, 6.45) is 0.886. The van der Waals surface area contributed by atoms with E-state index in [0.29, 0.717) is 34.7 Å². The molecule has 0 radical (unpaired) electrons. The van der Waals surface area contributed by atoms with Crippen molar-refractivity contribution in [1.29, 1.82) is 0 Å². The van der Waals surface area contributed by atoms with Gasteiger partial charge < -0.3 is 14.4 Å². The van der Waals surface area contributed by atoms with Crippen LogP contribution in [0, 0.1) is 0 Å². The van der Waals surface area contributed by atoms with Crippen LogP contribution in [0.5, 0.6) is 11.5 Å². The number of carbonyl (C=O) groups is 1. The minimum Gasteiger partial charge on any atom is -0.492 e. The number of hydrogen-bond donors (Lipinski definition) is 0. The molecule has 1 heterocycles. The van der Waals surface area contributed by atoms with Crippen molar-refractivity contribution in [3.63, 3.8) is 0 Å². The second-order valence-corrected chi connectivity index (χ2v) is 6.11. The lowest BCUT2D eigenvalue weighted by molar-refractivity contribution is 0.0989. The second kappa shape index (κ2) is 6.62. The molecule has 3 rings (SSSR count). The number of para-hydroxylation sites is 1. The summed E-state index contributed by atoms with van der Waals surface area (Å²) in [6.45, 7) is 3.11. The van der Waals surface area contributed by atoms with Gasteiger partial charge in [0.1, 0.15) is 0 Å². The third-order valence-corrected chi connectivity index (χ3v) is 4.48. The Morgan fingerprint density at radius 3 is 2.83 bits per heavy atom. The first-order valence-corrected chi connectivity index (χ1v) is 8.35. The van der Waals surface area contributed by atoms with Crippen molar-refractivity contribution in [3.8, 4) is 11.5 Å². The summed E-state index contributed by atoms with van der Waals surface area (Å²) in [5.41, 5.74) is 2.78. The third kappa shape index (κ3) is 2.93. The summed E-state index contributed by atoms with van der Waals surface area (Å²) in [5.74, 6) is 1.14.